The number of nitrogens with zero attached hydrogens (tertiary/aromatic N) is 2. The van der Waals surface area contributed by atoms with Gasteiger partial charge in [0.25, 0.3) is 11.6 Å². The van der Waals surface area contributed by atoms with E-state index in [1.165, 1.54) is 18.3 Å². The molecule has 0 aliphatic heterocycles. The monoisotopic (exact) mass is 305 g/mol. The van der Waals surface area contributed by atoms with Crippen molar-refractivity contribution in [1.29, 1.82) is 0 Å². The third kappa shape index (κ3) is 4.00. The number of nitrogens with one attached hydrogen (secondary N) is 1. The van der Waals surface area contributed by atoms with E-state index in [1.807, 2.05) is 0 Å². The molecule has 6 nitrogen and oxygen atoms in total. The predicted molar refractivity (Wildman–Crippen MR) is 78.4 cm³/mol. The van der Waals surface area contributed by atoms with Crippen molar-refractivity contribution in [3.05, 3.63) is 69.0 Å². The third-order valence-corrected chi connectivity index (χ3v) is 3.15. The quantitative estimate of drug-likeness (QED) is 0.523. The molecule has 0 fully saturated rings. The highest BCUT2D eigenvalue weighted by Gasteiger charge is 2.10. The molecule has 0 atom stereocenters. The number of non-ortho nitro benzene ring substituents is 1. The highest BCUT2D eigenvalue weighted by Crippen LogP contribution is 2.13. The van der Waals surface area contributed by atoms with Gasteiger partial charge in [-0.2, -0.15) is 0 Å². The fourth-order valence-electron chi connectivity index (χ4n) is 1.76. The summed E-state index contributed by atoms with van der Waals surface area (Å²) in [5.41, 5.74) is 1.27. The Kier molecular flexibility index (Phi) is 4.84. The average molecular weight is 306 g/mol. The van der Waals surface area contributed by atoms with Crippen LogP contribution < -0.4 is 5.32 Å². The van der Waals surface area contributed by atoms with E-state index < -0.39 is 4.92 Å². The fourth-order valence-corrected chi connectivity index (χ4v) is 1.96. The van der Waals surface area contributed by atoms with Crippen LogP contribution in [0.2, 0.25) is 5.15 Å². The first-order valence-electron chi connectivity index (χ1n) is 6.20. The van der Waals surface area contributed by atoms with Crippen molar-refractivity contribution < 1.29 is 9.72 Å². The Morgan fingerprint density at radius 3 is 2.62 bits per heavy atom. The highest BCUT2D eigenvalue weighted by molar-refractivity contribution is 6.32. The van der Waals surface area contributed by atoms with Crippen LogP contribution in [0.4, 0.5) is 5.69 Å². The second kappa shape index (κ2) is 6.81. The minimum absolute atomic E-state index is 0.0462. The second-order valence-corrected chi connectivity index (χ2v) is 4.63. The Morgan fingerprint density at radius 1 is 1.29 bits per heavy atom. The smallest absolute Gasteiger partial charge is 0.269 e. The molecular formula is C14H12ClN3O3. The number of hydrogen-bond acceptors (Lipinski definition) is 4. The Bertz CT molecular complexity index is 659. The molecule has 0 spiro atoms. The molecule has 0 saturated carbocycles. The molecule has 0 bridgehead atoms. The molecule has 0 saturated heterocycles. The molecule has 1 aromatic heterocycles. The third-order valence-electron chi connectivity index (χ3n) is 2.85. The lowest BCUT2D eigenvalue weighted by molar-refractivity contribution is -0.384. The number of carbonyl (C=O) groups excluding carboxylic acids is 1. The summed E-state index contributed by atoms with van der Waals surface area (Å²) in [5, 5.41) is 13.4. The zero-order valence-corrected chi connectivity index (χ0v) is 11.7. The Balaban J connectivity index is 1.88. The van der Waals surface area contributed by atoms with E-state index >= 15 is 0 Å². The SMILES string of the molecule is O=C(NCCc1ccc([N+](=O)[O-])cc1)c1cccnc1Cl. The normalized spacial score (nSPS) is 10.1. The molecule has 1 N–H and O–H groups in total. The molecule has 108 valence electrons. The van der Waals surface area contributed by atoms with Crippen molar-refractivity contribution >= 4 is 23.2 Å². The van der Waals surface area contributed by atoms with Gasteiger partial charge in [0.1, 0.15) is 5.15 Å². The van der Waals surface area contributed by atoms with E-state index in [-0.39, 0.29) is 16.7 Å². The minimum atomic E-state index is -0.448. The first-order chi connectivity index (χ1) is 10.1. The van der Waals surface area contributed by atoms with Crippen LogP contribution >= 0.6 is 11.6 Å². The summed E-state index contributed by atoms with van der Waals surface area (Å²) in [7, 11) is 0. The molecule has 0 aliphatic carbocycles. The van der Waals surface area contributed by atoms with Gasteiger partial charge in [0.05, 0.1) is 10.5 Å². The van der Waals surface area contributed by atoms with Gasteiger partial charge in [-0.25, -0.2) is 4.98 Å². The van der Waals surface area contributed by atoms with Crippen LogP contribution in [-0.2, 0) is 6.42 Å². The van der Waals surface area contributed by atoms with E-state index in [2.05, 4.69) is 10.3 Å². The van der Waals surface area contributed by atoms with E-state index in [0.717, 1.165) is 5.56 Å². The lowest BCUT2D eigenvalue weighted by Gasteiger charge is -2.06. The number of nitro benzene ring substituents is 1. The van der Waals surface area contributed by atoms with E-state index in [4.69, 9.17) is 11.6 Å². The lowest BCUT2D eigenvalue weighted by Crippen LogP contribution is -2.26. The molecule has 2 rings (SSSR count). The average Bonchev–Trinajstić information content (AvgIpc) is 2.48. The number of pyridine rings is 1. The van der Waals surface area contributed by atoms with Gasteiger partial charge in [-0.3, -0.25) is 14.9 Å². The van der Waals surface area contributed by atoms with Gasteiger partial charge < -0.3 is 5.32 Å². The number of amides is 1. The Morgan fingerprint density at radius 2 is 2.00 bits per heavy atom. The summed E-state index contributed by atoms with van der Waals surface area (Å²) in [6.45, 7) is 0.405. The first-order valence-corrected chi connectivity index (χ1v) is 6.58. The second-order valence-electron chi connectivity index (χ2n) is 4.27. The van der Waals surface area contributed by atoms with Crippen molar-refractivity contribution in [2.45, 2.75) is 6.42 Å². The minimum Gasteiger partial charge on any atom is -0.352 e. The summed E-state index contributed by atoms with van der Waals surface area (Å²) in [6, 6.07) is 9.45. The summed E-state index contributed by atoms with van der Waals surface area (Å²) < 4.78 is 0. The van der Waals surface area contributed by atoms with Crippen LogP contribution in [-0.4, -0.2) is 22.4 Å². The van der Waals surface area contributed by atoms with Crippen molar-refractivity contribution in [1.82, 2.24) is 10.3 Å². The van der Waals surface area contributed by atoms with Gasteiger partial charge in [-0.15, -0.1) is 0 Å². The zero-order valence-electron chi connectivity index (χ0n) is 11.0. The largest absolute Gasteiger partial charge is 0.352 e. The number of rotatable bonds is 5. The van der Waals surface area contributed by atoms with Crippen molar-refractivity contribution in [2.75, 3.05) is 6.54 Å². The van der Waals surface area contributed by atoms with Gasteiger partial charge in [-0.05, 0) is 24.1 Å². The van der Waals surface area contributed by atoms with Gasteiger partial charge >= 0.3 is 0 Å². The number of nitro groups is 1. The molecule has 0 unspecified atom stereocenters. The summed E-state index contributed by atoms with van der Waals surface area (Å²) in [6.07, 6.45) is 2.08. The van der Waals surface area contributed by atoms with Crippen LogP contribution in [0.15, 0.2) is 42.6 Å². The molecule has 1 heterocycles. The van der Waals surface area contributed by atoms with Gasteiger partial charge in [-0.1, -0.05) is 23.7 Å². The fraction of sp³-hybridized carbons (Fsp3) is 0.143. The number of hydrogen-bond donors (Lipinski definition) is 1. The molecule has 7 heteroatoms. The molecular weight excluding hydrogens is 294 g/mol. The lowest BCUT2D eigenvalue weighted by atomic mass is 10.1. The van der Waals surface area contributed by atoms with E-state index in [0.29, 0.717) is 18.5 Å². The van der Waals surface area contributed by atoms with Crippen molar-refractivity contribution in [3.8, 4) is 0 Å². The topological polar surface area (TPSA) is 85.1 Å². The Labute approximate surface area is 125 Å². The van der Waals surface area contributed by atoms with Gasteiger partial charge in [0.15, 0.2) is 0 Å². The number of carbonyl (C=O) groups is 1. The molecule has 1 amide bonds. The molecule has 0 radical (unpaired) electrons. The number of benzene rings is 1. The maximum atomic E-state index is 11.9. The van der Waals surface area contributed by atoms with Crippen LogP contribution in [0.1, 0.15) is 15.9 Å². The van der Waals surface area contributed by atoms with E-state index in [9.17, 15) is 14.9 Å². The zero-order chi connectivity index (χ0) is 15.2. The Hall–Kier alpha value is -2.47. The van der Waals surface area contributed by atoms with E-state index in [1.54, 1.807) is 24.3 Å². The van der Waals surface area contributed by atoms with Crippen LogP contribution in [0, 0.1) is 10.1 Å². The summed E-state index contributed by atoms with van der Waals surface area (Å²) in [5.74, 6) is -0.296. The molecule has 1 aromatic carbocycles. The van der Waals surface area contributed by atoms with Gasteiger partial charge in [0, 0.05) is 24.9 Å². The molecule has 21 heavy (non-hydrogen) atoms. The highest BCUT2D eigenvalue weighted by atomic mass is 35.5. The maximum absolute atomic E-state index is 11.9. The van der Waals surface area contributed by atoms with Crippen LogP contribution in [0.25, 0.3) is 0 Å². The van der Waals surface area contributed by atoms with Crippen LogP contribution in [0.5, 0.6) is 0 Å². The first kappa shape index (κ1) is 14.9. The number of aromatic nitrogens is 1. The van der Waals surface area contributed by atoms with Crippen LogP contribution in [0.3, 0.4) is 0 Å². The molecule has 0 aliphatic rings. The van der Waals surface area contributed by atoms with Crippen molar-refractivity contribution in [2.24, 2.45) is 0 Å². The standard InChI is InChI=1S/C14H12ClN3O3/c15-13-12(2-1-8-16-13)14(19)17-9-7-10-3-5-11(6-4-10)18(20)21/h1-6,8H,7,9H2,(H,17,19). The summed E-state index contributed by atoms with van der Waals surface area (Å²) >= 11 is 5.83. The summed E-state index contributed by atoms with van der Waals surface area (Å²) in [4.78, 5) is 25.8. The number of halogens is 1. The van der Waals surface area contributed by atoms with Gasteiger partial charge in [0.2, 0.25) is 0 Å². The maximum Gasteiger partial charge on any atom is 0.269 e. The molecule has 2 aromatic rings. The van der Waals surface area contributed by atoms with Crippen molar-refractivity contribution in [3.63, 3.8) is 0 Å². The predicted octanol–water partition coefficient (Wildman–Crippen LogP) is 2.62.